The lowest BCUT2D eigenvalue weighted by atomic mass is 9.83. The molecule has 6 heteroatoms. The molecule has 174 valence electrons. The molecular formula is C29H22ClNO4. The maximum absolute atomic E-state index is 12.8. The zero-order valence-corrected chi connectivity index (χ0v) is 19.4. The molecule has 1 unspecified atom stereocenters. The number of pyridine rings is 1. The SMILES string of the molecule is O=C(O)Cc1cccc(-c2cc3cc(C4(O)C=CC(c5ccccc5)=CC4)c(Cl)cc3[nH]c2=O)c1. The van der Waals surface area contributed by atoms with Crippen LogP contribution in [0.3, 0.4) is 0 Å². The Hall–Kier alpha value is -3.93. The molecule has 5 nitrogen and oxygen atoms in total. The van der Waals surface area contributed by atoms with E-state index in [1.807, 2.05) is 42.5 Å². The minimum absolute atomic E-state index is 0.128. The Bertz CT molecular complexity index is 1570. The fourth-order valence-electron chi connectivity index (χ4n) is 4.47. The van der Waals surface area contributed by atoms with Crippen LogP contribution in [-0.4, -0.2) is 21.2 Å². The predicted molar refractivity (Wildman–Crippen MR) is 138 cm³/mol. The molecule has 0 fully saturated rings. The van der Waals surface area contributed by atoms with Crippen LogP contribution < -0.4 is 5.56 Å². The van der Waals surface area contributed by atoms with E-state index in [2.05, 4.69) is 4.98 Å². The number of halogens is 1. The van der Waals surface area contributed by atoms with Crippen molar-refractivity contribution in [3.05, 3.63) is 123 Å². The molecule has 35 heavy (non-hydrogen) atoms. The average molecular weight is 484 g/mol. The second-order valence-electron chi connectivity index (χ2n) is 8.69. The summed E-state index contributed by atoms with van der Waals surface area (Å²) in [7, 11) is 0. The highest BCUT2D eigenvalue weighted by Crippen LogP contribution is 2.39. The highest BCUT2D eigenvalue weighted by atomic mass is 35.5. The molecule has 0 saturated carbocycles. The minimum Gasteiger partial charge on any atom is -0.481 e. The summed E-state index contributed by atoms with van der Waals surface area (Å²) in [4.78, 5) is 26.8. The van der Waals surface area contributed by atoms with Crippen LogP contribution in [-0.2, 0) is 16.8 Å². The first-order valence-corrected chi connectivity index (χ1v) is 11.6. The van der Waals surface area contributed by atoms with Gasteiger partial charge in [-0.2, -0.15) is 0 Å². The molecule has 0 bridgehead atoms. The monoisotopic (exact) mass is 483 g/mol. The van der Waals surface area contributed by atoms with Gasteiger partial charge in [0.05, 0.1) is 6.42 Å². The quantitative estimate of drug-likeness (QED) is 0.339. The van der Waals surface area contributed by atoms with E-state index in [0.717, 1.165) is 11.1 Å². The van der Waals surface area contributed by atoms with Gasteiger partial charge < -0.3 is 15.2 Å². The Labute approximate surface area is 206 Å². The summed E-state index contributed by atoms with van der Waals surface area (Å²) in [5.74, 6) is -0.938. The molecule has 5 rings (SSSR count). The van der Waals surface area contributed by atoms with Crippen molar-refractivity contribution in [1.29, 1.82) is 0 Å². The molecule has 1 aliphatic rings. The topological polar surface area (TPSA) is 90.4 Å². The number of rotatable bonds is 5. The molecule has 0 aliphatic heterocycles. The Morgan fingerprint density at radius 1 is 1.00 bits per heavy atom. The van der Waals surface area contributed by atoms with Crippen molar-refractivity contribution in [2.75, 3.05) is 0 Å². The summed E-state index contributed by atoms with van der Waals surface area (Å²) < 4.78 is 0. The highest BCUT2D eigenvalue weighted by Gasteiger charge is 2.30. The number of H-pyrrole nitrogens is 1. The Balaban J connectivity index is 1.54. The number of allylic oxidation sites excluding steroid dienone is 2. The van der Waals surface area contributed by atoms with E-state index < -0.39 is 11.6 Å². The number of benzene rings is 3. The number of aromatic amines is 1. The van der Waals surface area contributed by atoms with E-state index in [-0.39, 0.29) is 12.0 Å². The van der Waals surface area contributed by atoms with Gasteiger partial charge in [-0.1, -0.05) is 78.4 Å². The molecule has 0 spiro atoms. The van der Waals surface area contributed by atoms with Crippen LogP contribution in [0.5, 0.6) is 0 Å². The number of hydrogen-bond acceptors (Lipinski definition) is 3. The first kappa shape index (κ1) is 22.8. The van der Waals surface area contributed by atoms with Gasteiger partial charge in [0.15, 0.2) is 0 Å². The maximum Gasteiger partial charge on any atom is 0.307 e. The summed E-state index contributed by atoms with van der Waals surface area (Å²) >= 11 is 6.57. The van der Waals surface area contributed by atoms with Gasteiger partial charge in [-0.05, 0) is 51.9 Å². The van der Waals surface area contributed by atoms with E-state index in [0.29, 0.717) is 44.6 Å². The van der Waals surface area contributed by atoms with Crippen LogP contribution in [0.15, 0.2) is 95.8 Å². The molecule has 3 N–H and O–H groups in total. The van der Waals surface area contributed by atoms with Crippen LogP contribution in [0, 0.1) is 0 Å². The van der Waals surface area contributed by atoms with Crippen LogP contribution in [0.25, 0.3) is 27.6 Å². The number of aromatic nitrogens is 1. The number of nitrogens with one attached hydrogen (secondary N) is 1. The summed E-state index contributed by atoms with van der Waals surface area (Å²) in [5.41, 5.74) is 3.24. The maximum atomic E-state index is 12.8. The van der Waals surface area contributed by atoms with Gasteiger partial charge in [0, 0.05) is 28.1 Å². The van der Waals surface area contributed by atoms with E-state index in [4.69, 9.17) is 16.7 Å². The normalized spacial score (nSPS) is 17.4. The number of carbonyl (C=O) groups is 1. The summed E-state index contributed by atoms with van der Waals surface area (Å²) in [6.07, 6.45) is 5.86. The largest absolute Gasteiger partial charge is 0.481 e. The third-order valence-electron chi connectivity index (χ3n) is 6.27. The number of hydrogen-bond donors (Lipinski definition) is 3. The van der Waals surface area contributed by atoms with E-state index >= 15 is 0 Å². The molecule has 1 atom stereocenters. The molecule has 0 saturated heterocycles. The number of fused-ring (bicyclic) bond motifs is 1. The number of aliphatic hydroxyl groups is 1. The lowest BCUT2D eigenvalue weighted by Gasteiger charge is -2.28. The Morgan fingerprint density at radius 2 is 1.77 bits per heavy atom. The Morgan fingerprint density at radius 3 is 2.49 bits per heavy atom. The van der Waals surface area contributed by atoms with Gasteiger partial charge in [-0.15, -0.1) is 0 Å². The molecule has 0 amide bonds. The molecule has 0 radical (unpaired) electrons. The van der Waals surface area contributed by atoms with Crippen LogP contribution in [0.2, 0.25) is 5.02 Å². The third kappa shape index (κ3) is 4.56. The average Bonchev–Trinajstić information content (AvgIpc) is 2.84. The van der Waals surface area contributed by atoms with Crippen LogP contribution >= 0.6 is 11.6 Å². The zero-order valence-electron chi connectivity index (χ0n) is 18.7. The Kier molecular flexibility index (Phi) is 5.89. The highest BCUT2D eigenvalue weighted by molar-refractivity contribution is 6.32. The second kappa shape index (κ2) is 9.02. The number of carboxylic acid groups (broad SMARTS) is 1. The summed E-state index contributed by atoms with van der Waals surface area (Å²) in [6.45, 7) is 0. The first-order chi connectivity index (χ1) is 16.8. The van der Waals surface area contributed by atoms with Crippen LogP contribution in [0.4, 0.5) is 0 Å². The van der Waals surface area contributed by atoms with Gasteiger partial charge in [0.1, 0.15) is 5.60 Å². The molecule has 3 aromatic carbocycles. The molecule has 1 aliphatic carbocycles. The van der Waals surface area contributed by atoms with Crippen LogP contribution in [0.1, 0.15) is 23.1 Å². The molecular weight excluding hydrogens is 462 g/mol. The lowest BCUT2D eigenvalue weighted by molar-refractivity contribution is -0.136. The van der Waals surface area contributed by atoms with Gasteiger partial charge in [0.25, 0.3) is 5.56 Å². The standard InChI is InChI=1S/C29H22ClNO4/c30-25-17-26-22(15-23(28(34)31-26)21-8-4-5-18(13-21)14-27(32)33)16-24(25)29(35)11-9-20(10-12-29)19-6-2-1-3-7-19/h1-11,13,15-17,35H,12,14H2,(H,31,34)(H,32,33). The fourth-order valence-corrected chi connectivity index (χ4v) is 4.80. The summed E-state index contributed by atoms with van der Waals surface area (Å²) in [6, 6.07) is 22.1. The van der Waals surface area contributed by atoms with Gasteiger partial charge >= 0.3 is 5.97 Å². The fraction of sp³-hybridized carbons (Fsp3) is 0.103. The van der Waals surface area contributed by atoms with Crippen molar-refractivity contribution < 1.29 is 15.0 Å². The van der Waals surface area contributed by atoms with E-state index in [9.17, 15) is 14.7 Å². The zero-order chi connectivity index (χ0) is 24.6. The lowest BCUT2D eigenvalue weighted by Crippen LogP contribution is -2.24. The van der Waals surface area contributed by atoms with Crippen molar-refractivity contribution in [3.8, 4) is 11.1 Å². The van der Waals surface area contributed by atoms with Crippen molar-refractivity contribution in [2.24, 2.45) is 0 Å². The van der Waals surface area contributed by atoms with E-state index in [1.54, 1.807) is 48.5 Å². The second-order valence-corrected chi connectivity index (χ2v) is 9.10. The number of carboxylic acids is 1. The minimum atomic E-state index is -1.29. The predicted octanol–water partition coefficient (Wildman–Crippen LogP) is 5.71. The number of aliphatic carboxylic acids is 1. The van der Waals surface area contributed by atoms with Gasteiger partial charge in [0.2, 0.25) is 0 Å². The molecule has 4 aromatic rings. The summed E-state index contributed by atoms with van der Waals surface area (Å²) in [5, 5.41) is 21.6. The van der Waals surface area contributed by atoms with E-state index in [1.165, 1.54) is 0 Å². The molecule has 1 heterocycles. The van der Waals surface area contributed by atoms with Crippen molar-refractivity contribution in [2.45, 2.75) is 18.4 Å². The third-order valence-corrected chi connectivity index (χ3v) is 6.58. The van der Waals surface area contributed by atoms with Crippen molar-refractivity contribution in [3.63, 3.8) is 0 Å². The van der Waals surface area contributed by atoms with Gasteiger partial charge in [-0.25, -0.2) is 0 Å². The molecule has 1 aromatic heterocycles. The van der Waals surface area contributed by atoms with Gasteiger partial charge in [-0.3, -0.25) is 9.59 Å². The smallest absolute Gasteiger partial charge is 0.307 e. The first-order valence-electron chi connectivity index (χ1n) is 11.2. The van der Waals surface area contributed by atoms with Crippen molar-refractivity contribution in [1.82, 2.24) is 4.98 Å². The van der Waals surface area contributed by atoms with Crippen molar-refractivity contribution >= 4 is 34.0 Å².